The average molecular weight is 220 g/mol. The van der Waals surface area contributed by atoms with Crippen LogP contribution in [0, 0.1) is 5.41 Å². The number of aliphatic hydroxyl groups is 1. The van der Waals surface area contributed by atoms with Gasteiger partial charge in [0.25, 0.3) is 0 Å². The maximum atomic E-state index is 10.4. The molecule has 0 aromatic carbocycles. The highest BCUT2D eigenvalue weighted by molar-refractivity contribution is 8.17. The molecule has 0 aromatic heterocycles. The number of hydrogen-bond acceptors (Lipinski definition) is 3. The van der Waals surface area contributed by atoms with Gasteiger partial charge in [0.1, 0.15) is 0 Å². The molecule has 0 spiro atoms. The average Bonchev–Trinajstić information content (AvgIpc) is 2.04. The fourth-order valence-electron chi connectivity index (χ4n) is 1.17. The van der Waals surface area contributed by atoms with Crippen molar-refractivity contribution < 1.29 is 5.11 Å². The standard InChI is InChI=1S/C10H20OS2/c1-9(2,3)10(4,11)8-12-6-5-7-13-8/h8,11H,5-7H2,1-4H3. The lowest BCUT2D eigenvalue weighted by Gasteiger charge is -2.43. The van der Waals surface area contributed by atoms with Crippen LogP contribution in [-0.4, -0.2) is 26.8 Å². The first-order valence-electron chi connectivity index (χ1n) is 4.81. The van der Waals surface area contributed by atoms with Gasteiger partial charge in [0.05, 0.1) is 10.2 Å². The highest BCUT2D eigenvalue weighted by Gasteiger charge is 2.43. The molecule has 0 radical (unpaired) electrons. The second-order valence-corrected chi connectivity index (χ2v) is 7.55. The van der Waals surface area contributed by atoms with Crippen LogP contribution in [0.5, 0.6) is 0 Å². The van der Waals surface area contributed by atoms with Gasteiger partial charge in [0.15, 0.2) is 0 Å². The third-order valence-corrected chi connectivity index (χ3v) is 6.19. The molecule has 1 fully saturated rings. The number of hydrogen-bond donors (Lipinski definition) is 1. The molecule has 1 atom stereocenters. The molecule has 1 N–H and O–H groups in total. The quantitative estimate of drug-likeness (QED) is 0.733. The molecule has 13 heavy (non-hydrogen) atoms. The lowest BCUT2D eigenvalue weighted by Crippen LogP contribution is -2.48. The van der Waals surface area contributed by atoms with E-state index < -0.39 is 5.60 Å². The molecule has 1 unspecified atom stereocenters. The number of rotatable bonds is 1. The van der Waals surface area contributed by atoms with E-state index in [0.717, 1.165) is 0 Å². The monoisotopic (exact) mass is 220 g/mol. The van der Waals surface area contributed by atoms with E-state index >= 15 is 0 Å². The first-order valence-corrected chi connectivity index (χ1v) is 6.91. The van der Waals surface area contributed by atoms with Crippen LogP contribution in [0.2, 0.25) is 0 Å². The summed E-state index contributed by atoms with van der Waals surface area (Å²) >= 11 is 3.82. The Hall–Kier alpha value is 0.660. The van der Waals surface area contributed by atoms with Gasteiger partial charge in [-0.15, -0.1) is 23.5 Å². The normalized spacial score (nSPS) is 25.6. The van der Waals surface area contributed by atoms with Crippen molar-refractivity contribution >= 4 is 23.5 Å². The maximum Gasteiger partial charge on any atom is 0.0876 e. The second-order valence-electron chi connectivity index (χ2n) is 4.82. The molecule has 0 saturated carbocycles. The Labute approximate surface area is 90.1 Å². The Balaban J connectivity index is 2.67. The summed E-state index contributed by atoms with van der Waals surface area (Å²) in [6.07, 6.45) is 1.28. The van der Waals surface area contributed by atoms with Crippen molar-refractivity contribution in [2.24, 2.45) is 5.41 Å². The van der Waals surface area contributed by atoms with Gasteiger partial charge in [-0.2, -0.15) is 0 Å². The minimum absolute atomic E-state index is 0.0327. The fourth-order valence-corrected chi connectivity index (χ4v) is 4.72. The Kier molecular flexibility index (Phi) is 3.64. The molecule has 1 rings (SSSR count). The van der Waals surface area contributed by atoms with E-state index in [0.29, 0.717) is 4.58 Å². The zero-order valence-corrected chi connectivity index (χ0v) is 10.6. The van der Waals surface area contributed by atoms with Gasteiger partial charge in [-0.05, 0) is 30.3 Å². The van der Waals surface area contributed by atoms with Gasteiger partial charge in [-0.3, -0.25) is 0 Å². The lowest BCUT2D eigenvalue weighted by atomic mass is 9.79. The summed E-state index contributed by atoms with van der Waals surface area (Å²) in [5, 5.41) is 10.4. The highest BCUT2D eigenvalue weighted by Crippen LogP contribution is 2.45. The van der Waals surface area contributed by atoms with E-state index in [1.54, 1.807) is 0 Å². The fraction of sp³-hybridized carbons (Fsp3) is 1.00. The Bertz CT molecular complexity index is 166. The van der Waals surface area contributed by atoms with Gasteiger partial charge < -0.3 is 5.11 Å². The van der Waals surface area contributed by atoms with Crippen LogP contribution in [0.1, 0.15) is 34.1 Å². The van der Waals surface area contributed by atoms with E-state index in [4.69, 9.17) is 0 Å². The summed E-state index contributed by atoms with van der Waals surface area (Å²) in [5.41, 5.74) is -0.599. The summed E-state index contributed by atoms with van der Waals surface area (Å²) in [4.78, 5) is 0. The van der Waals surface area contributed by atoms with Crippen LogP contribution in [0.4, 0.5) is 0 Å². The largest absolute Gasteiger partial charge is 0.388 e. The molecule has 1 heterocycles. The molecule has 0 aromatic rings. The number of thioether (sulfide) groups is 2. The first-order chi connectivity index (χ1) is 5.86. The summed E-state index contributed by atoms with van der Waals surface area (Å²) in [7, 11) is 0. The Morgan fingerprint density at radius 2 is 1.54 bits per heavy atom. The minimum Gasteiger partial charge on any atom is -0.388 e. The van der Waals surface area contributed by atoms with Gasteiger partial charge >= 0.3 is 0 Å². The summed E-state index contributed by atoms with van der Waals surface area (Å²) in [5.74, 6) is 2.40. The smallest absolute Gasteiger partial charge is 0.0876 e. The SMILES string of the molecule is CC(C)(C)C(C)(O)C1SCCCS1. The van der Waals surface area contributed by atoms with Crippen LogP contribution in [0.3, 0.4) is 0 Å². The molecule has 78 valence electrons. The van der Waals surface area contributed by atoms with Crippen molar-refractivity contribution in [2.75, 3.05) is 11.5 Å². The molecule has 1 nitrogen and oxygen atoms in total. The zero-order valence-electron chi connectivity index (χ0n) is 8.96. The van der Waals surface area contributed by atoms with Gasteiger partial charge in [-0.1, -0.05) is 20.8 Å². The van der Waals surface area contributed by atoms with Crippen molar-refractivity contribution in [3.63, 3.8) is 0 Å². The Morgan fingerprint density at radius 3 is 1.92 bits per heavy atom. The van der Waals surface area contributed by atoms with Crippen molar-refractivity contribution in [3.8, 4) is 0 Å². The molecule has 3 heteroatoms. The van der Waals surface area contributed by atoms with E-state index in [2.05, 4.69) is 20.8 Å². The third-order valence-electron chi connectivity index (χ3n) is 2.80. The third kappa shape index (κ3) is 2.57. The van der Waals surface area contributed by atoms with Crippen LogP contribution >= 0.6 is 23.5 Å². The first kappa shape index (κ1) is 11.7. The van der Waals surface area contributed by atoms with Crippen LogP contribution in [0.25, 0.3) is 0 Å². The lowest BCUT2D eigenvalue weighted by molar-refractivity contribution is -0.0262. The van der Waals surface area contributed by atoms with E-state index in [1.807, 2.05) is 30.4 Å². The highest BCUT2D eigenvalue weighted by atomic mass is 32.2. The topological polar surface area (TPSA) is 20.2 Å². The second kappa shape index (κ2) is 4.03. The van der Waals surface area contributed by atoms with Crippen LogP contribution in [-0.2, 0) is 0 Å². The molecule has 0 aliphatic carbocycles. The van der Waals surface area contributed by atoms with E-state index in [1.165, 1.54) is 17.9 Å². The molecule has 1 aliphatic rings. The van der Waals surface area contributed by atoms with Crippen molar-refractivity contribution in [3.05, 3.63) is 0 Å². The molecule has 0 amide bonds. The van der Waals surface area contributed by atoms with E-state index in [-0.39, 0.29) is 5.41 Å². The molecule has 1 aliphatic heterocycles. The summed E-state index contributed by atoms with van der Waals surface area (Å²) < 4.78 is 0.348. The van der Waals surface area contributed by atoms with Crippen LogP contribution in [0.15, 0.2) is 0 Å². The summed E-state index contributed by atoms with van der Waals surface area (Å²) in [6.45, 7) is 8.32. The van der Waals surface area contributed by atoms with Crippen molar-refractivity contribution in [2.45, 2.75) is 44.3 Å². The van der Waals surface area contributed by atoms with Crippen molar-refractivity contribution in [1.29, 1.82) is 0 Å². The van der Waals surface area contributed by atoms with E-state index in [9.17, 15) is 5.11 Å². The molecular formula is C10H20OS2. The zero-order chi connectivity index (χ0) is 10.1. The molecule has 0 bridgehead atoms. The van der Waals surface area contributed by atoms with Crippen LogP contribution < -0.4 is 0 Å². The van der Waals surface area contributed by atoms with Gasteiger partial charge in [0, 0.05) is 0 Å². The predicted octanol–water partition coefficient (Wildman–Crippen LogP) is 2.98. The van der Waals surface area contributed by atoms with Gasteiger partial charge in [-0.25, -0.2) is 0 Å². The van der Waals surface area contributed by atoms with Gasteiger partial charge in [0.2, 0.25) is 0 Å². The summed E-state index contributed by atoms with van der Waals surface area (Å²) in [6, 6.07) is 0. The predicted molar refractivity (Wildman–Crippen MR) is 63.4 cm³/mol. The van der Waals surface area contributed by atoms with Crippen molar-refractivity contribution in [1.82, 2.24) is 0 Å². The molecule has 1 saturated heterocycles. The maximum absolute atomic E-state index is 10.4. The minimum atomic E-state index is -0.567. The molecular weight excluding hydrogens is 200 g/mol. The Morgan fingerprint density at radius 1 is 1.08 bits per heavy atom.